The average Bonchev–Trinajstić information content (AvgIpc) is 2.42. The Morgan fingerprint density at radius 1 is 1.06 bits per heavy atom. The van der Waals surface area contributed by atoms with Crippen molar-refractivity contribution < 1.29 is 4.39 Å². The summed E-state index contributed by atoms with van der Waals surface area (Å²) in [5.41, 5.74) is 3.39. The second-order valence-electron chi connectivity index (χ2n) is 3.98. The second kappa shape index (κ2) is 6.01. The van der Waals surface area contributed by atoms with Crippen LogP contribution in [-0.4, -0.2) is 6.54 Å². The molecular weight excluding hydrogens is 293 g/mol. The van der Waals surface area contributed by atoms with Gasteiger partial charge in [-0.25, -0.2) is 4.39 Å². The third kappa shape index (κ3) is 2.72. The molecule has 0 amide bonds. The van der Waals surface area contributed by atoms with Crippen molar-refractivity contribution in [3.63, 3.8) is 0 Å². The van der Waals surface area contributed by atoms with Crippen LogP contribution in [0.2, 0.25) is 0 Å². The Bertz CT molecular complexity index is 510. The molecule has 0 aliphatic carbocycles. The Morgan fingerprint density at radius 2 is 1.72 bits per heavy atom. The number of alkyl halides is 1. The van der Waals surface area contributed by atoms with Crippen molar-refractivity contribution in [1.82, 2.24) is 0 Å². The Kier molecular flexibility index (Phi) is 4.37. The molecule has 0 saturated carbocycles. The van der Waals surface area contributed by atoms with Crippen LogP contribution in [0.1, 0.15) is 12.5 Å². The lowest BCUT2D eigenvalue weighted by Crippen LogP contribution is -2.17. The van der Waals surface area contributed by atoms with Gasteiger partial charge >= 0.3 is 0 Å². The Labute approximate surface area is 115 Å². The van der Waals surface area contributed by atoms with Crippen molar-refractivity contribution >= 4 is 27.3 Å². The minimum Gasteiger partial charge on any atom is -0.342 e. The van der Waals surface area contributed by atoms with E-state index in [0.717, 1.165) is 23.2 Å². The summed E-state index contributed by atoms with van der Waals surface area (Å²) in [5.74, 6) is -0.205. The molecule has 2 aromatic rings. The largest absolute Gasteiger partial charge is 0.342 e. The third-order valence-electron chi connectivity index (χ3n) is 2.88. The lowest BCUT2D eigenvalue weighted by Gasteiger charge is -2.25. The summed E-state index contributed by atoms with van der Waals surface area (Å²) in [6.45, 7) is 2.93. The molecule has 0 unspecified atom stereocenters. The predicted molar refractivity (Wildman–Crippen MR) is 78.2 cm³/mol. The van der Waals surface area contributed by atoms with Crippen LogP contribution in [-0.2, 0) is 5.33 Å². The molecule has 94 valence electrons. The van der Waals surface area contributed by atoms with Crippen molar-refractivity contribution in [2.45, 2.75) is 12.3 Å². The molecule has 0 aliphatic heterocycles. The maximum atomic E-state index is 13.0. The smallest absolute Gasteiger partial charge is 0.123 e. The molecular formula is C15H15BrFN. The fourth-order valence-corrected chi connectivity index (χ4v) is 2.47. The first-order chi connectivity index (χ1) is 8.76. The lowest BCUT2D eigenvalue weighted by atomic mass is 10.1. The lowest BCUT2D eigenvalue weighted by molar-refractivity contribution is 0.628. The highest BCUT2D eigenvalue weighted by atomic mass is 79.9. The molecule has 18 heavy (non-hydrogen) atoms. The molecule has 0 bridgehead atoms. The van der Waals surface area contributed by atoms with E-state index in [9.17, 15) is 4.39 Å². The highest BCUT2D eigenvalue weighted by molar-refractivity contribution is 9.08. The number of benzene rings is 2. The molecule has 0 aromatic heterocycles. The minimum atomic E-state index is -0.205. The van der Waals surface area contributed by atoms with Crippen molar-refractivity contribution in [3.8, 4) is 0 Å². The zero-order valence-corrected chi connectivity index (χ0v) is 11.8. The summed E-state index contributed by atoms with van der Waals surface area (Å²) in [7, 11) is 0. The van der Waals surface area contributed by atoms with Gasteiger partial charge in [0.25, 0.3) is 0 Å². The van der Waals surface area contributed by atoms with E-state index < -0.39 is 0 Å². The first kappa shape index (κ1) is 13.1. The summed E-state index contributed by atoms with van der Waals surface area (Å²) < 4.78 is 13.0. The van der Waals surface area contributed by atoms with E-state index in [4.69, 9.17) is 0 Å². The quantitative estimate of drug-likeness (QED) is 0.728. The molecule has 0 atom stereocenters. The number of nitrogens with zero attached hydrogens (tertiary/aromatic N) is 1. The molecule has 0 aliphatic rings. The van der Waals surface area contributed by atoms with Crippen LogP contribution in [0.4, 0.5) is 15.8 Å². The molecule has 2 rings (SSSR count). The normalized spacial score (nSPS) is 10.4. The van der Waals surface area contributed by atoms with Gasteiger partial charge in [-0.15, -0.1) is 0 Å². The Morgan fingerprint density at radius 3 is 2.33 bits per heavy atom. The van der Waals surface area contributed by atoms with Crippen LogP contribution in [0.5, 0.6) is 0 Å². The predicted octanol–water partition coefficient (Wildman–Crippen LogP) is 4.88. The summed E-state index contributed by atoms with van der Waals surface area (Å²) in [5, 5.41) is 0.806. The van der Waals surface area contributed by atoms with E-state index in [-0.39, 0.29) is 5.82 Å². The number of halogens is 2. The van der Waals surface area contributed by atoms with Gasteiger partial charge in [-0.2, -0.15) is 0 Å². The highest BCUT2D eigenvalue weighted by Gasteiger charge is 2.10. The summed E-state index contributed by atoms with van der Waals surface area (Å²) in [4.78, 5) is 2.18. The van der Waals surface area contributed by atoms with Gasteiger partial charge in [-0.05, 0) is 42.8 Å². The SMILES string of the molecule is CCN(c1ccc(F)cc1)c1ccccc1CBr. The Balaban J connectivity index is 2.41. The molecule has 0 fully saturated rings. The maximum Gasteiger partial charge on any atom is 0.123 e. The van der Waals surface area contributed by atoms with Crippen molar-refractivity contribution in [3.05, 3.63) is 59.9 Å². The topological polar surface area (TPSA) is 3.24 Å². The average molecular weight is 308 g/mol. The summed E-state index contributed by atoms with van der Waals surface area (Å²) >= 11 is 3.50. The van der Waals surface area contributed by atoms with Crippen LogP contribution < -0.4 is 4.90 Å². The van der Waals surface area contributed by atoms with Gasteiger partial charge in [-0.3, -0.25) is 0 Å². The first-order valence-electron chi connectivity index (χ1n) is 5.93. The van der Waals surface area contributed by atoms with E-state index in [1.807, 2.05) is 24.3 Å². The zero-order chi connectivity index (χ0) is 13.0. The van der Waals surface area contributed by atoms with E-state index in [1.165, 1.54) is 17.7 Å². The van der Waals surface area contributed by atoms with Gasteiger partial charge in [0.05, 0.1) is 0 Å². The Hall–Kier alpha value is -1.35. The fraction of sp³-hybridized carbons (Fsp3) is 0.200. The third-order valence-corrected chi connectivity index (χ3v) is 3.49. The highest BCUT2D eigenvalue weighted by Crippen LogP contribution is 2.29. The molecule has 0 saturated heterocycles. The van der Waals surface area contributed by atoms with Crippen molar-refractivity contribution in [2.24, 2.45) is 0 Å². The number of hydrogen-bond acceptors (Lipinski definition) is 1. The fourth-order valence-electron chi connectivity index (χ4n) is 2.00. The van der Waals surface area contributed by atoms with Gasteiger partial charge in [0.2, 0.25) is 0 Å². The standard InChI is InChI=1S/C15H15BrFN/c1-2-18(14-9-7-13(17)8-10-14)15-6-4-3-5-12(15)11-16/h3-10H,2,11H2,1H3. The number of anilines is 2. The zero-order valence-electron chi connectivity index (χ0n) is 10.2. The van der Waals surface area contributed by atoms with Crippen molar-refractivity contribution in [2.75, 3.05) is 11.4 Å². The summed E-state index contributed by atoms with van der Waals surface area (Å²) in [6.07, 6.45) is 0. The molecule has 2 aromatic carbocycles. The summed E-state index contributed by atoms with van der Waals surface area (Å²) in [6, 6.07) is 14.8. The van der Waals surface area contributed by atoms with Gasteiger partial charge in [0.15, 0.2) is 0 Å². The molecule has 0 spiro atoms. The molecule has 3 heteroatoms. The minimum absolute atomic E-state index is 0.205. The molecule has 0 heterocycles. The number of rotatable bonds is 4. The van der Waals surface area contributed by atoms with E-state index in [2.05, 4.69) is 39.9 Å². The first-order valence-corrected chi connectivity index (χ1v) is 7.05. The van der Waals surface area contributed by atoms with Crippen molar-refractivity contribution in [1.29, 1.82) is 0 Å². The van der Waals surface area contributed by atoms with Crippen LogP contribution in [0.25, 0.3) is 0 Å². The van der Waals surface area contributed by atoms with Crippen LogP contribution >= 0.6 is 15.9 Å². The van der Waals surface area contributed by atoms with E-state index >= 15 is 0 Å². The monoisotopic (exact) mass is 307 g/mol. The molecule has 0 radical (unpaired) electrons. The van der Waals surface area contributed by atoms with Crippen LogP contribution in [0, 0.1) is 5.82 Å². The van der Waals surface area contributed by atoms with E-state index in [0.29, 0.717) is 0 Å². The van der Waals surface area contributed by atoms with Gasteiger partial charge in [-0.1, -0.05) is 34.1 Å². The van der Waals surface area contributed by atoms with Gasteiger partial charge in [0, 0.05) is 23.2 Å². The van der Waals surface area contributed by atoms with E-state index in [1.54, 1.807) is 0 Å². The van der Waals surface area contributed by atoms with Crippen LogP contribution in [0.3, 0.4) is 0 Å². The molecule has 1 nitrogen and oxygen atoms in total. The van der Waals surface area contributed by atoms with Crippen LogP contribution in [0.15, 0.2) is 48.5 Å². The molecule has 0 N–H and O–H groups in total. The number of hydrogen-bond donors (Lipinski definition) is 0. The number of para-hydroxylation sites is 1. The van der Waals surface area contributed by atoms with Gasteiger partial charge in [0.1, 0.15) is 5.82 Å². The maximum absolute atomic E-state index is 13.0. The second-order valence-corrected chi connectivity index (χ2v) is 4.54. The van der Waals surface area contributed by atoms with Gasteiger partial charge < -0.3 is 4.90 Å².